The van der Waals surface area contributed by atoms with Gasteiger partial charge in [-0.15, -0.1) is 0 Å². The second-order valence-corrected chi connectivity index (χ2v) is 7.42. The van der Waals surface area contributed by atoms with Crippen molar-refractivity contribution < 1.29 is 9.59 Å². The van der Waals surface area contributed by atoms with Crippen molar-refractivity contribution in [3.63, 3.8) is 0 Å². The third kappa shape index (κ3) is 3.81. The lowest BCUT2D eigenvalue weighted by Crippen LogP contribution is -2.47. The summed E-state index contributed by atoms with van der Waals surface area (Å²) in [4.78, 5) is 39.4. The third-order valence-electron chi connectivity index (χ3n) is 5.52. The Morgan fingerprint density at radius 1 is 0.966 bits per heavy atom. The molecule has 0 aliphatic carbocycles. The van der Waals surface area contributed by atoms with Crippen molar-refractivity contribution in [3.8, 4) is 0 Å². The van der Waals surface area contributed by atoms with Crippen molar-refractivity contribution in [1.29, 1.82) is 0 Å². The molecule has 7 heteroatoms. The van der Waals surface area contributed by atoms with Crippen LogP contribution >= 0.6 is 0 Å². The van der Waals surface area contributed by atoms with E-state index in [1.165, 1.54) is 4.57 Å². The summed E-state index contributed by atoms with van der Waals surface area (Å²) < 4.78 is 3.05. The molecule has 2 aromatic carbocycles. The summed E-state index contributed by atoms with van der Waals surface area (Å²) in [6.45, 7) is 1.20. The Morgan fingerprint density at radius 2 is 1.59 bits per heavy atom. The predicted molar refractivity (Wildman–Crippen MR) is 111 cm³/mol. The fourth-order valence-electron chi connectivity index (χ4n) is 3.92. The molecular formula is C22H24N4O3. The predicted octanol–water partition coefficient (Wildman–Crippen LogP) is 1.76. The van der Waals surface area contributed by atoms with Gasteiger partial charge in [0.25, 0.3) is 5.91 Å². The number of carbonyl (C=O) groups excluding carboxylic acids is 2. The van der Waals surface area contributed by atoms with E-state index >= 15 is 0 Å². The molecule has 150 valence electrons. The van der Waals surface area contributed by atoms with Crippen LogP contribution in [0, 0.1) is 0 Å². The highest BCUT2D eigenvalue weighted by Crippen LogP contribution is 2.15. The van der Waals surface area contributed by atoms with Crippen molar-refractivity contribution >= 4 is 22.8 Å². The molecule has 0 unspecified atom stereocenters. The molecule has 1 aliphatic heterocycles. The van der Waals surface area contributed by atoms with Gasteiger partial charge in [0.2, 0.25) is 5.91 Å². The van der Waals surface area contributed by atoms with Gasteiger partial charge in [-0.3, -0.25) is 18.7 Å². The number of imidazole rings is 1. The smallest absolute Gasteiger partial charge is 0.329 e. The lowest BCUT2D eigenvalue weighted by Gasteiger charge is -2.32. The number of fused-ring (bicyclic) bond motifs is 1. The van der Waals surface area contributed by atoms with Gasteiger partial charge in [0, 0.05) is 31.7 Å². The molecule has 0 radical (unpaired) electrons. The third-order valence-corrected chi connectivity index (χ3v) is 5.52. The molecule has 3 aromatic rings. The van der Waals surface area contributed by atoms with Crippen LogP contribution in [-0.4, -0.2) is 45.0 Å². The van der Waals surface area contributed by atoms with Crippen LogP contribution in [0.4, 0.5) is 0 Å². The summed E-state index contributed by atoms with van der Waals surface area (Å²) in [5.74, 6) is -0.158. The SMILES string of the molecule is Cn1c(=O)n(CC(=O)NC2CCN(C(=O)c3ccccc3)CC2)c2ccccc21. The molecule has 2 amide bonds. The van der Waals surface area contributed by atoms with Crippen LogP contribution in [-0.2, 0) is 18.4 Å². The molecule has 1 aliphatic rings. The van der Waals surface area contributed by atoms with Gasteiger partial charge in [0.1, 0.15) is 6.54 Å². The van der Waals surface area contributed by atoms with Crippen LogP contribution in [0.15, 0.2) is 59.4 Å². The van der Waals surface area contributed by atoms with Gasteiger partial charge in [-0.1, -0.05) is 30.3 Å². The minimum atomic E-state index is -0.204. The second kappa shape index (κ2) is 7.95. The zero-order valence-corrected chi connectivity index (χ0v) is 16.4. The van der Waals surface area contributed by atoms with E-state index in [9.17, 15) is 14.4 Å². The van der Waals surface area contributed by atoms with Crippen molar-refractivity contribution in [3.05, 3.63) is 70.6 Å². The number of amides is 2. The molecule has 2 heterocycles. The fraction of sp³-hybridized carbons (Fsp3) is 0.318. The Labute approximate surface area is 168 Å². The van der Waals surface area contributed by atoms with E-state index < -0.39 is 0 Å². The molecule has 7 nitrogen and oxygen atoms in total. The minimum absolute atomic E-state index is 0.00741. The maximum atomic E-state index is 12.6. The van der Waals surface area contributed by atoms with Crippen LogP contribution < -0.4 is 11.0 Å². The molecule has 4 rings (SSSR count). The number of para-hydroxylation sites is 2. The van der Waals surface area contributed by atoms with E-state index in [2.05, 4.69) is 5.32 Å². The molecule has 29 heavy (non-hydrogen) atoms. The Bertz CT molecular complexity index is 1090. The molecule has 1 aromatic heterocycles. The molecule has 1 fully saturated rings. The topological polar surface area (TPSA) is 76.3 Å². The van der Waals surface area contributed by atoms with Gasteiger partial charge in [-0.2, -0.15) is 0 Å². The number of aryl methyl sites for hydroxylation is 1. The number of hydrogen-bond donors (Lipinski definition) is 1. The summed E-state index contributed by atoms with van der Waals surface area (Å²) in [7, 11) is 1.71. The number of nitrogens with zero attached hydrogens (tertiary/aromatic N) is 3. The van der Waals surface area contributed by atoms with Gasteiger partial charge in [-0.25, -0.2) is 4.79 Å². The minimum Gasteiger partial charge on any atom is -0.352 e. The number of rotatable bonds is 4. The second-order valence-electron chi connectivity index (χ2n) is 7.42. The van der Waals surface area contributed by atoms with E-state index in [0.29, 0.717) is 31.5 Å². The number of piperidine rings is 1. The molecule has 0 bridgehead atoms. The average molecular weight is 392 g/mol. The van der Waals surface area contributed by atoms with Gasteiger partial charge in [0.05, 0.1) is 11.0 Å². The molecular weight excluding hydrogens is 368 g/mol. The Hall–Kier alpha value is -3.35. The quantitative estimate of drug-likeness (QED) is 0.735. The van der Waals surface area contributed by atoms with Gasteiger partial charge in [0.15, 0.2) is 0 Å². The molecule has 0 saturated carbocycles. The number of hydrogen-bond acceptors (Lipinski definition) is 3. The van der Waals surface area contributed by atoms with Crippen molar-refractivity contribution in [1.82, 2.24) is 19.4 Å². The summed E-state index contributed by atoms with van der Waals surface area (Å²) in [5, 5.41) is 3.02. The zero-order valence-electron chi connectivity index (χ0n) is 16.4. The summed E-state index contributed by atoms with van der Waals surface area (Å²) in [6, 6.07) is 16.7. The molecule has 1 saturated heterocycles. The summed E-state index contributed by atoms with van der Waals surface area (Å²) in [5.41, 5.74) is 2.03. The van der Waals surface area contributed by atoms with Crippen LogP contribution in [0.1, 0.15) is 23.2 Å². The Kier molecular flexibility index (Phi) is 5.20. The number of likely N-dealkylation sites (tertiary alicyclic amines) is 1. The van der Waals surface area contributed by atoms with Crippen molar-refractivity contribution in [2.75, 3.05) is 13.1 Å². The van der Waals surface area contributed by atoms with Crippen LogP contribution in [0.25, 0.3) is 11.0 Å². The van der Waals surface area contributed by atoms with Crippen molar-refractivity contribution in [2.45, 2.75) is 25.4 Å². The first-order chi connectivity index (χ1) is 14.0. The van der Waals surface area contributed by atoms with E-state index in [4.69, 9.17) is 0 Å². The average Bonchev–Trinajstić information content (AvgIpc) is 2.99. The number of aromatic nitrogens is 2. The molecule has 1 N–H and O–H groups in total. The van der Waals surface area contributed by atoms with E-state index in [0.717, 1.165) is 11.0 Å². The summed E-state index contributed by atoms with van der Waals surface area (Å²) >= 11 is 0. The maximum absolute atomic E-state index is 12.6. The highest BCUT2D eigenvalue weighted by atomic mass is 16.2. The van der Waals surface area contributed by atoms with Gasteiger partial charge in [-0.05, 0) is 37.1 Å². The van der Waals surface area contributed by atoms with Gasteiger partial charge < -0.3 is 10.2 Å². The maximum Gasteiger partial charge on any atom is 0.329 e. The first-order valence-electron chi connectivity index (χ1n) is 9.82. The monoisotopic (exact) mass is 392 g/mol. The Morgan fingerprint density at radius 3 is 2.28 bits per heavy atom. The van der Waals surface area contributed by atoms with E-state index in [1.807, 2.05) is 59.5 Å². The Balaban J connectivity index is 1.36. The largest absolute Gasteiger partial charge is 0.352 e. The van der Waals surface area contributed by atoms with Crippen LogP contribution in [0.2, 0.25) is 0 Å². The standard InChI is InChI=1S/C22H24N4O3/c1-24-18-9-5-6-10-19(18)26(22(24)29)15-20(27)23-17-11-13-25(14-12-17)21(28)16-7-3-2-4-8-16/h2-10,17H,11-15H2,1H3,(H,23,27). The number of nitrogens with one attached hydrogen (secondary N) is 1. The zero-order chi connectivity index (χ0) is 20.4. The first-order valence-corrected chi connectivity index (χ1v) is 9.82. The lowest BCUT2D eigenvalue weighted by atomic mass is 10.0. The number of benzene rings is 2. The highest BCUT2D eigenvalue weighted by molar-refractivity contribution is 5.94. The fourth-order valence-corrected chi connectivity index (χ4v) is 3.92. The van der Waals surface area contributed by atoms with Crippen LogP contribution in [0.5, 0.6) is 0 Å². The van der Waals surface area contributed by atoms with E-state index in [1.54, 1.807) is 11.6 Å². The lowest BCUT2D eigenvalue weighted by molar-refractivity contribution is -0.122. The number of carbonyl (C=O) groups is 2. The van der Waals surface area contributed by atoms with Gasteiger partial charge >= 0.3 is 5.69 Å². The first kappa shape index (κ1) is 19.0. The highest BCUT2D eigenvalue weighted by Gasteiger charge is 2.25. The van der Waals surface area contributed by atoms with E-state index in [-0.39, 0.29) is 30.1 Å². The van der Waals surface area contributed by atoms with Crippen molar-refractivity contribution in [2.24, 2.45) is 7.05 Å². The normalized spacial score (nSPS) is 14.9. The molecule has 0 atom stereocenters. The summed E-state index contributed by atoms with van der Waals surface area (Å²) in [6.07, 6.45) is 1.41. The molecule has 0 spiro atoms. The van der Waals surface area contributed by atoms with Crippen LogP contribution in [0.3, 0.4) is 0 Å².